The normalized spacial score (nSPS) is 18.4. The fourth-order valence-corrected chi connectivity index (χ4v) is 3.43. The van der Waals surface area contributed by atoms with Crippen LogP contribution >= 0.6 is 11.8 Å². The van der Waals surface area contributed by atoms with E-state index in [2.05, 4.69) is 10.3 Å². The summed E-state index contributed by atoms with van der Waals surface area (Å²) in [7, 11) is 0. The number of rotatable bonds is 4. The second-order valence-corrected chi connectivity index (χ2v) is 7.15. The molecule has 0 bridgehead atoms. The Kier molecular flexibility index (Phi) is 4.90. The van der Waals surface area contributed by atoms with Crippen molar-refractivity contribution in [1.29, 1.82) is 0 Å². The van der Waals surface area contributed by atoms with E-state index in [1.54, 1.807) is 18.2 Å². The van der Waals surface area contributed by atoms with Gasteiger partial charge in [-0.1, -0.05) is 23.9 Å². The third-order valence-corrected chi connectivity index (χ3v) is 5.14. The van der Waals surface area contributed by atoms with Gasteiger partial charge < -0.3 is 10.4 Å². The minimum Gasteiger partial charge on any atom is -0.508 e. The van der Waals surface area contributed by atoms with Gasteiger partial charge in [-0.2, -0.15) is 0 Å². The molecule has 0 saturated carbocycles. The first kappa shape index (κ1) is 17.2. The minimum absolute atomic E-state index is 0.0540. The lowest BCUT2D eigenvalue weighted by molar-refractivity contribution is -0.118. The maximum atomic E-state index is 12.5. The Labute approximate surface area is 150 Å². The number of aryl methyl sites for hydroxylation is 2. The van der Waals surface area contributed by atoms with Crippen molar-refractivity contribution >= 4 is 34.3 Å². The van der Waals surface area contributed by atoms with Crippen LogP contribution in [0.2, 0.25) is 0 Å². The lowest BCUT2D eigenvalue weighted by Gasteiger charge is -2.07. The van der Waals surface area contributed by atoms with Crippen LogP contribution in [0.1, 0.15) is 27.9 Å². The molecule has 128 valence electrons. The van der Waals surface area contributed by atoms with Gasteiger partial charge in [-0.25, -0.2) is 4.99 Å². The predicted octanol–water partition coefficient (Wildman–Crippen LogP) is 3.50. The largest absolute Gasteiger partial charge is 0.508 e. The summed E-state index contributed by atoms with van der Waals surface area (Å²) in [5.74, 6) is -0.106. The number of amidine groups is 1. The van der Waals surface area contributed by atoms with E-state index in [4.69, 9.17) is 0 Å². The topological polar surface area (TPSA) is 78.8 Å². The van der Waals surface area contributed by atoms with Crippen molar-refractivity contribution in [2.24, 2.45) is 4.99 Å². The van der Waals surface area contributed by atoms with Crippen molar-refractivity contribution in [3.8, 4) is 5.75 Å². The molecule has 1 fully saturated rings. The molecule has 2 N–H and O–H groups in total. The Balaban J connectivity index is 1.69. The molecule has 1 unspecified atom stereocenters. The zero-order valence-electron chi connectivity index (χ0n) is 13.9. The number of aliphatic imine (C=N–C) groups is 1. The molecule has 6 heteroatoms. The third kappa shape index (κ3) is 4.09. The minimum atomic E-state index is -0.482. The second-order valence-electron chi connectivity index (χ2n) is 5.96. The van der Waals surface area contributed by atoms with Crippen LogP contribution < -0.4 is 5.32 Å². The number of carbonyl (C=O) groups excluding carboxylic acids is 2. The van der Waals surface area contributed by atoms with Crippen molar-refractivity contribution in [2.45, 2.75) is 25.5 Å². The van der Waals surface area contributed by atoms with E-state index in [-0.39, 0.29) is 23.9 Å². The van der Waals surface area contributed by atoms with Crippen molar-refractivity contribution in [3.05, 3.63) is 59.2 Å². The number of hydrogen-bond acceptors (Lipinski definition) is 5. The highest BCUT2D eigenvalue weighted by Crippen LogP contribution is 2.27. The van der Waals surface area contributed by atoms with Gasteiger partial charge in [0.1, 0.15) is 5.75 Å². The van der Waals surface area contributed by atoms with Gasteiger partial charge in [0.25, 0.3) is 0 Å². The van der Waals surface area contributed by atoms with Crippen LogP contribution in [0, 0.1) is 13.8 Å². The standard InChI is InChI=1S/C19H18N2O3S/c1-11-3-4-13(9-12(11)2)16(23)10-17-18(24)21-19(25-17)20-14-5-7-15(22)8-6-14/h3-9,17,22H,10H2,1-2H3,(H,20,21,24). The SMILES string of the molecule is Cc1ccc(C(=O)CC2SC(=Nc3ccc(O)cc3)NC2=O)cc1C. The summed E-state index contributed by atoms with van der Waals surface area (Å²) in [6.07, 6.45) is 0.133. The van der Waals surface area contributed by atoms with Gasteiger partial charge in [0, 0.05) is 12.0 Å². The maximum Gasteiger partial charge on any atom is 0.240 e. The summed E-state index contributed by atoms with van der Waals surface area (Å²) < 4.78 is 0. The molecule has 3 rings (SSSR count). The Morgan fingerprint density at radius 1 is 1.16 bits per heavy atom. The van der Waals surface area contributed by atoms with E-state index < -0.39 is 5.25 Å². The van der Waals surface area contributed by atoms with E-state index in [1.165, 1.54) is 23.9 Å². The number of thioether (sulfide) groups is 1. The monoisotopic (exact) mass is 354 g/mol. The zero-order valence-corrected chi connectivity index (χ0v) is 14.8. The molecule has 1 aliphatic rings. The van der Waals surface area contributed by atoms with Gasteiger partial charge in [-0.3, -0.25) is 9.59 Å². The van der Waals surface area contributed by atoms with E-state index in [0.29, 0.717) is 16.4 Å². The van der Waals surface area contributed by atoms with Crippen LogP contribution in [-0.2, 0) is 4.79 Å². The number of phenolic OH excluding ortho intramolecular Hbond substituents is 1. The Morgan fingerprint density at radius 3 is 2.56 bits per heavy atom. The predicted molar refractivity (Wildman–Crippen MR) is 99.6 cm³/mol. The first-order valence-electron chi connectivity index (χ1n) is 7.88. The van der Waals surface area contributed by atoms with Crippen LogP contribution in [0.3, 0.4) is 0 Å². The fourth-order valence-electron chi connectivity index (χ4n) is 2.44. The van der Waals surface area contributed by atoms with Crippen LogP contribution in [0.5, 0.6) is 5.75 Å². The van der Waals surface area contributed by atoms with Gasteiger partial charge in [0.15, 0.2) is 11.0 Å². The number of Topliss-reactive ketones (excluding diaryl/α,β-unsaturated/α-hetero) is 1. The van der Waals surface area contributed by atoms with E-state index in [0.717, 1.165) is 11.1 Å². The Morgan fingerprint density at radius 2 is 1.88 bits per heavy atom. The van der Waals surface area contributed by atoms with Crippen molar-refractivity contribution in [3.63, 3.8) is 0 Å². The van der Waals surface area contributed by atoms with E-state index in [1.807, 2.05) is 26.0 Å². The lowest BCUT2D eigenvalue weighted by Crippen LogP contribution is -2.26. The van der Waals surface area contributed by atoms with E-state index >= 15 is 0 Å². The number of phenols is 1. The molecule has 1 aliphatic heterocycles. The summed E-state index contributed by atoms with van der Waals surface area (Å²) in [5, 5.41) is 12.0. The van der Waals surface area contributed by atoms with Gasteiger partial charge in [0.2, 0.25) is 5.91 Å². The summed E-state index contributed by atoms with van der Waals surface area (Å²) in [6.45, 7) is 3.96. The summed E-state index contributed by atoms with van der Waals surface area (Å²) in [4.78, 5) is 28.9. The van der Waals surface area contributed by atoms with Crippen molar-refractivity contribution in [1.82, 2.24) is 5.32 Å². The molecule has 0 radical (unpaired) electrons. The average molecular weight is 354 g/mol. The molecule has 0 spiro atoms. The molecule has 2 aromatic carbocycles. The molecule has 5 nitrogen and oxygen atoms in total. The average Bonchev–Trinajstić information content (AvgIpc) is 2.91. The van der Waals surface area contributed by atoms with Gasteiger partial charge in [0.05, 0.1) is 10.9 Å². The van der Waals surface area contributed by atoms with Crippen LogP contribution in [-0.4, -0.2) is 27.2 Å². The fraction of sp³-hybridized carbons (Fsp3) is 0.211. The number of amides is 1. The Bertz CT molecular complexity index is 859. The summed E-state index contributed by atoms with van der Waals surface area (Å²) in [6, 6.07) is 11.9. The van der Waals surface area contributed by atoms with E-state index in [9.17, 15) is 14.7 Å². The molecule has 2 aromatic rings. The molecular weight excluding hydrogens is 336 g/mol. The van der Waals surface area contributed by atoms with Crippen molar-refractivity contribution in [2.75, 3.05) is 0 Å². The number of ketones is 1. The lowest BCUT2D eigenvalue weighted by atomic mass is 10.0. The quantitative estimate of drug-likeness (QED) is 0.824. The highest BCUT2D eigenvalue weighted by Gasteiger charge is 2.32. The molecule has 1 amide bonds. The van der Waals surface area contributed by atoms with Crippen LogP contribution in [0.4, 0.5) is 5.69 Å². The van der Waals surface area contributed by atoms with Gasteiger partial charge in [-0.15, -0.1) is 0 Å². The number of hydrogen-bond donors (Lipinski definition) is 2. The molecular formula is C19H18N2O3S. The smallest absolute Gasteiger partial charge is 0.240 e. The number of aromatic hydroxyl groups is 1. The Hall–Kier alpha value is -2.60. The van der Waals surface area contributed by atoms with Crippen molar-refractivity contribution < 1.29 is 14.7 Å². The van der Waals surface area contributed by atoms with Gasteiger partial charge >= 0.3 is 0 Å². The first-order chi connectivity index (χ1) is 11.9. The van der Waals surface area contributed by atoms with Gasteiger partial charge in [-0.05, 0) is 55.3 Å². The molecule has 1 saturated heterocycles. The number of nitrogens with zero attached hydrogens (tertiary/aromatic N) is 1. The third-order valence-electron chi connectivity index (χ3n) is 4.06. The molecule has 25 heavy (non-hydrogen) atoms. The highest BCUT2D eigenvalue weighted by molar-refractivity contribution is 8.15. The molecule has 1 atom stereocenters. The zero-order chi connectivity index (χ0) is 18.0. The van der Waals surface area contributed by atoms with Crippen LogP contribution in [0.15, 0.2) is 47.5 Å². The highest BCUT2D eigenvalue weighted by atomic mass is 32.2. The maximum absolute atomic E-state index is 12.5. The number of benzene rings is 2. The molecule has 1 heterocycles. The molecule has 0 aromatic heterocycles. The summed E-state index contributed by atoms with van der Waals surface area (Å²) in [5.41, 5.74) is 3.44. The molecule has 0 aliphatic carbocycles. The van der Waals surface area contributed by atoms with Crippen LogP contribution in [0.25, 0.3) is 0 Å². The number of carbonyl (C=O) groups is 2. The second kappa shape index (κ2) is 7.11. The first-order valence-corrected chi connectivity index (χ1v) is 8.76. The summed E-state index contributed by atoms with van der Waals surface area (Å²) >= 11 is 1.25. The number of nitrogens with one attached hydrogen (secondary N) is 1.